The predicted octanol–water partition coefficient (Wildman–Crippen LogP) is -0.247. The molecule has 2 N–H and O–H groups in total. The first-order valence-corrected chi connectivity index (χ1v) is 4.85. The van der Waals surface area contributed by atoms with E-state index in [1.54, 1.807) is 0 Å². The Balaban J connectivity index is 2.01. The monoisotopic (exact) mass is 184 g/mol. The molecule has 0 radical (unpaired) electrons. The highest BCUT2D eigenvalue weighted by Crippen LogP contribution is 2.28. The van der Waals surface area contributed by atoms with Crippen LogP contribution in [-0.2, 0) is 4.79 Å². The highest BCUT2D eigenvalue weighted by molar-refractivity contribution is 5.73. The van der Waals surface area contributed by atoms with Gasteiger partial charge in [-0.1, -0.05) is 0 Å². The molecule has 74 valence electrons. The molecule has 3 unspecified atom stereocenters. The van der Waals surface area contributed by atoms with Gasteiger partial charge in [0, 0.05) is 12.6 Å². The first-order chi connectivity index (χ1) is 6.18. The average molecular weight is 184 g/mol. The first kappa shape index (κ1) is 8.97. The van der Waals surface area contributed by atoms with Gasteiger partial charge in [-0.25, -0.2) is 0 Å². The fourth-order valence-corrected chi connectivity index (χ4v) is 2.50. The highest BCUT2D eigenvalue weighted by Gasteiger charge is 2.38. The Morgan fingerprint density at radius 3 is 3.08 bits per heavy atom. The van der Waals surface area contributed by atoms with Crippen LogP contribution in [0.15, 0.2) is 0 Å². The van der Waals surface area contributed by atoms with E-state index in [0.29, 0.717) is 12.0 Å². The van der Waals surface area contributed by atoms with Crippen LogP contribution in [-0.4, -0.2) is 48.2 Å². The lowest BCUT2D eigenvalue weighted by Crippen LogP contribution is -2.51. The zero-order chi connectivity index (χ0) is 9.42. The second-order valence-corrected chi connectivity index (χ2v) is 4.13. The van der Waals surface area contributed by atoms with E-state index >= 15 is 0 Å². The number of likely N-dealkylation sites (tertiary alicyclic amines) is 1. The van der Waals surface area contributed by atoms with E-state index in [4.69, 9.17) is 5.11 Å². The number of nitrogens with one attached hydrogen (secondary N) is 1. The first-order valence-electron chi connectivity index (χ1n) is 4.85. The molecular weight excluding hydrogens is 168 g/mol. The van der Waals surface area contributed by atoms with Gasteiger partial charge < -0.3 is 15.3 Å². The van der Waals surface area contributed by atoms with Gasteiger partial charge in [-0.05, 0) is 32.4 Å². The van der Waals surface area contributed by atoms with Gasteiger partial charge in [0.05, 0.1) is 0 Å². The van der Waals surface area contributed by atoms with Crippen LogP contribution in [0.5, 0.6) is 0 Å². The molecule has 2 fully saturated rings. The van der Waals surface area contributed by atoms with Crippen molar-refractivity contribution >= 4 is 5.97 Å². The van der Waals surface area contributed by atoms with Crippen molar-refractivity contribution in [2.75, 3.05) is 20.1 Å². The summed E-state index contributed by atoms with van der Waals surface area (Å²) < 4.78 is 0. The van der Waals surface area contributed by atoms with E-state index in [1.807, 2.05) is 0 Å². The summed E-state index contributed by atoms with van der Waals surface area (Å²) in [5.74, 6) is -0.0423. The Bertz CT molecular complexity index is 220. The number of fused-ring (bicyclic) bond motifs is 1. The van der Waals surface area contributed by atoms with Crippen molar-refractivity contribution in [2.45, 2.75) is 24.9 Å². The smallest absolute Gasteiger partial charge is 0.320 e. The summed E-state index contributed by atoms with van der Waals surface area (Å²) >= 11 is 0. The van der Waals surface area contributed by atoms with Crippen LogP contribution in [0.1, 0.15) is 12.8 Å². The number of carboxylic acids is 1. The maximum atomic E-state index is 10.8. The quantitative estimate of drug-likeness (QED) is 0.590. The summed E-state index contributed by atoms with van der Waals surface area (Å²) in [6.45, 7) is 1.98. The van der Waals surface area contributed by atoms with E-state index in [-0.39, 0.29) is 6.04 Å². The topological polar surface area (TPSA) is 52.6 Å². The molecule has 13 heavy (non-hydrogen) atoms. The summed E-state index contributed by atoms with van der Waals surface area (Å²) in [4.78, 5) is 13.1. The standard InChI is InChI=1S/C9H16N2O2/c1-11-3-2-6-5-10-7(9(12)13)4-8(6)11/h6-8,10H,2-5H2,1H3,(H,12,13). The van der Waals surface area contributed by atoms with Crippen molar-refractivity contribution in [1.29, 1.82) is 0 Å². The Morgan fingerprint density at radius 1 is 1.62 bits per heavy atom. The molecule has 2 rings (SSSR count). The molecule has 4 nitrogen and oxygen atoms in total. The van der Waals surface area contributed by atoms with Crippen LogP contribution in [0.4, 0.5) is 0 Å². The molecule has 0 bridgehead atoms. The summed E-state index contributed by atoms with van der Waals surface area (Å²) in [6.07, 6.45) is 1.97. The van der Waals surface area contributed by atoms with Crippen molar-refractivity contribution < 1.29 is 9.90 Å². The molecule has 3 atom stereocenters. The number of hydrogen-bond donors (Lipinski definition) is 2. The third kappa shape index (κ3) is 1.56. The number of aliphatic carboxylic acids is 1. The van der Waals surface area contributed by atoms with Crippen LogP contribution < -0.4 is 5.32 Å². The minimum Gasteiger partial charge on any atom is -0.480 e. The van der Waals surface area contributed by atoms with Gasteiger partial charge in [-0.3, -0.25) is 4.79 Å². The fraction of sp³-hybridized carbons (Fsp3) is 0.889. The molecule has 0 aliphatic carbocycles. The molecule has 2 saturated heterocycles. The third-order valence-electron chi connectivity index (χ3n) is 3.36. The Kier molecular flexibility index (Phi) is 2.26. The average Bonchev–Trinajstić information content (AvgIpc) is 2.47. The van der Waals surface area contributed by atoms with E-state index in [1.165, 1.54) is 6.42 Å². The van der Waals surface area contributed by atoms with Crippen molar-refractivity contribution in [3.63, 3.8) is 0 Å². The zero-order valence-electron chi connectivity index (χ0n) is 7.86. The van der Waals surface area contributed by atoms with Gasteiger partial charge in [0.25, 0.3) is 0 Å². The molecule has 4 heteroatoms. The van der Waals surface area contributed by atoms with Crippen LogP contribution in [0.2, 0.25) is 0 Å². The zero-order valence-corrected chi connectivity index (χ0v) is 7.86. The molecule has 0 aromatic rings. The number of rotatable bonds is 1. The van der Waals surface area contributed by atoms with Gasteiger partial charge in [0.2, 0.25) is 0 Å². The normalized spacial score (nSPS) is 40.2. The molecule has 0 amide bonds. The number of carbonyl (C=O) groups is 1. The lowest BCUT2D eigenvalue weighted by molar-refractivity contribution is -0.140. The Morgan fingerprint density at radius 2 is 2.38 bits per heavy atom. The van der Waals surface area contributed by atoms with Crippen LogP contribution in [0.3, 0.4) is 0 Å². The largest absolute Gasteiger partial charge is 0.480 e. The van der Waals surface area contributed by atoms with Gasteiger partial charge in [-0.2, -0.15) is 0 Å². The Hall–Kier alpha value is -0.610. The second-order valence-electron chi connectivity index (χ2n) is 4.13. The molecule has 0 spiro atoms. The van der Waals surface area contributed by atoms with Crippen LogP contribution >= 0.6 is 0 Å². The molecule has 0 aromatic carbocycles. The summed E-state index contributed by atoms with van der Waals surface area (Å²) in [5, 5.41) is 11.9. The number of piperidine rings is 1. The van der Waals surface area contributed by atoms with Crippen LogP contribution in [0, 0.1) is 5.92 Å². The van der Waals surface area contributed by atoms with E-state index in [0.717, 1.165) is 19.5 Å². The van der Waals surface area contributed by atoms with Gasteiger partial charge in [-0.15, -0.1) is 0 Å². The summed E-state index contributed by atoms with van der Waals surface area (Å²) in [6, 6.07) is 0.157. The predicted molar refractivity (Wildman–Crippen MR) is 48.6 cm³/mol. The highest BCUT2D eigenvalue weighted by atomic mass is 16.4. The maximum Gasteiger partial charge on any atom is 0.320 e. The molecule has 2 aliphatic heterocycles. The van der Waals surface area contributed by atoms with Crippen molar-refractivity contribution in [1.82, 2.24) is 10.2 Å². The summed E-state index contributed by atoms with van der Waals surface area (Å²) in [7, 11) is 2.09. The molecule has 0 aromatic heterocycles. The fourth-order valence-electron chi connectivity index (χ4n) is 2.50. The van der Waals surface area contributed by atoms with E-state index in [2.05, 4.69) is 17.3 Å². The SMILES string of the molecule is CN1CCC2CNC(C(=O)O)CC21. The number of hydrogen-bond acceptors (Lipinski definition) is 3. The van der Waals surface area contributed by atoms with Crippen molar-refractivity contribution in [2.24, 2.45) is 5.92 Å². The van der Waals surface area contributed by atoms with Gasteiger partial charge in [0.1, 0.15) is 6.04 Å². The maximum absolute atomic E-state index is 10.8. The molecule has 0 saturated carbocycles. The number of carboxylic acid groups (broad SMARTS) is 1. The lowest BCUT2D eigenvalue weighted by Gasteiger charge is -2.33. The third-order valence-corrected chi connectivity index (χ3v) is 3.36. The summed E-state index contributed by atoms with van der Waals surface area (Å²) in [5.41, 5.74) is 0. The van der Waals surface area contributed by atoms with Gasteiger partial charge in [0.15, 0.2) is 0 Å². The Labute approximate surface area is 77.9 Å². The minimum absolute atomic E-state index is 0.332. The molecule has 2 aliphatic rings. The number of nitrogens with zero attached hydrogens (tertiary/aromatic N) is 1. The van der Waals surface area contributed by atoms with E-state index < -0.39 is 5.97 Å². The molecular formula is C9H16N2O2. The lowest BCUT2D eigenvalue weighted by atomic mass is 9.90. The van der Waals surface area contributed by atoms with E-state index in [9.17, 15) is 4.79 Å². The minimum atomic E-state index is -0.709. The van der Waals surface area contributed by atoms with Crippen molar-refractivity contribution in [3.05, 3.63) is 0 Å². The molecule has 2 heterocycles. The second kappa shape index (κ2) is 3.27. The van der Waals surface area contributed by atoms with Crippen molar-refractivity contribution in [3.8, 4) is 0 Å². The van der Waals surface area contributed by atoms with Gasteiger partial charge >= 0.3 is 5.97 Å². The van der Waals surface area contributed by atoms with Crippen LogP contribution in [0.25, 0.3) is 0 Å².